The molecule has 0 unspecified atom stereocenters. The molecule has 0 spiro atoms. The molecule has 2 aliphatic carbocycles. The first-order valence-electron chi connectivity index (χ1n) is 13.1. The van der Waals surface area contributed by atoms with Gasteiger partial charge < -0.3 is 0 Å². The SMILES string of the molecule is Cc1ccc2cccc(C)c2c1[O][Zr]([O]c1c(C)ccc2cccc(C)c12)([C]1=CC=CC1)[C]1=CC=CC1. The molecule has 0 aromatic heterocycles. The van der Waals surface area contributed by atoms with Crippen LogP contribution in [0.3, 0.4) is 0 Å². The van der Waals surface area contributed by atoms with Crippen LogP contribution < -0.4 is 5.63 Å². The molecule has 0 saturated heterocycles. The van der Waals surface area contributed by atoms with E-state index in [1.165, 1.54) is 39.2 Å². The van der Waals surface area contributed by atoms with Crippen LogP contribution >= 0.6 is 0 Å². The third-order valence-corrected chi connectivity index (χ3v) is 16.1. The molecule has 184 valence electrons. The number of fused-ring (bicyclic) bond motifs is 2. The van der Waals surface area contributed by atoms with Gasteiger partial charge in [0, 0.05) is 0 Å². The molecule has 0 fully saturated rings. The van der Waals surface area contributed by atoms with Gasteiger partial charge in [-0.3, -0.25) is 0 Å². The molecule has 0 radical (unpaired) electrons. The van der Waals surface area contributed by atoms with Crippen molar-refractivity contribution in [1.82, 2.24) is 0 Å². The molecule has 0 saturated carbocycles. The van der Waals surface area contributed by atoms with E-state index in [2.05, 4.69) is 125 Å². The molecular weight excluding hydrogens is 532 g/mol. The summed E-state index contributed by atoms with van der Waals surface area (Å²) in [6, 6.07) is 21.7. The molecule has 4 aromatic carbocycles. The third-order valence-electron chi connectivity index (χ3n) is 7.69. The van der Waals surface area contributed by atoms with Crippen LogP contribution in [-0.4, -0.2) is 0 Å². The zero-order valence-electron chi connectivity index (χ0n) is 22.0. The van der Waals surface area contributed by atoms with Crippen molar-refractivity contribution in [2.24, 2.45) is 0 Å². The number of hydrogen-bond donors (Lipinski definition) is 0. The van der Waals surface area contributed by atoms with Gasteiger partial charge in [-0.1, -0.05) is 0 Å². The molecule has 3 heteroatoms. The first-order valence-corrected chi connectivity index (χ1v) is 17.5. The second-order valence-electron chi connectivity index (χ2n) is 10.2. The van der Waals surface area contributed by atoms with E-state index in [0.717, 1.165) is 35.5 Å². The Bertz CT molecular complexity index is 1540. The molecule has 0 amide bonds. The van der Waals surface area contributed by atoms with Gasteiger partial charge in [0.05, 0.1) is 0 Å². The van der Waals surface area contributed by atoms with Gasteiger partial charge in [0.1, 0.15) is 0 Å². The molecule has 0 heterocycles. The average molecular weight is 564 g/mol. The third kappa shape index (κ3) is 4.14. The zero-order chi connectivity index (χ0) is 25.6. The van der Waals surface area contributed by atoms with Gasteiger partial charge in [0.25, 0.3) is 0 Å². The Morgan fingerprint density at radius 3 is 1.41 bits per heavy atom. The Labute approximate surface area is 225 Å². The van der Waals surface area contributed by atoms with E-state index in [-0.39, 0.29) is 0 Å². The molecule has 0 bridgehead atoms. The van der Waals surface area contributed by atoms with E-state index in [1.807, 2.05) is 0 Å². The van der Waals surface area contributed by atoms with Crippen LogP contribution in [0.5, 0.6) is 11.5 Å². The van der Waals surface area contributed by atoms with E-state index in [1.54, 1.807) is 0 Å². The number of rotatable bonds is 6. The summed E-state index contributed by atoms with van der Waals surface area (Å²) < 4.78 is 17.7. The van der Waals surface area contributed by atoms with Crippen molar-refractivity contribution < 1.29 is 26.8 Å². The standard InChI is InChI=1S/2C12H12O.2C5H5.Zr/c2*1-8-4-3-5-10-7-6-9(2)12(13)11(8)10;2*1-2-4-5-3-1;/h2*3-7,13H,1-2H3;2*1-3H,4H2;/q;;;;+2/p-2. The summed E-state index contributed by atoms with van der Waals surface area (Å²) in [5.41, 5.74) is 4.75. The van der Waals surface area contributed by atoms with Crippen molar-refractivity contribution in [3.8, 4) is 11.5 Å². The topological polar surface area (TPSA) is 18.5 Å². The monoisotopic (exact) mass is 562 g/mol. The number of hydrogen-bond acceptors (Lipinski definition) is 2. The molecule has 0 aliphatic heterocycles. The van der Waals surface area contributed by atoms with Crippen LogP contribution in [0, 0.1) is 27.7 Å². The second kappa shape index (κ2) is 9.62. The van der Waals surface area contributed by atoms with E-state index >= 15 is 0 Å². The predicted octanol–water partition coefficient (Wildman–Crippen LogP) is 9.36. The van der Waals surface area contributed by atoms with Gasteiger partial charge in [-0.2, -0.15) is 0 Å². The van der Waals surface area contributed by atoms with E-state index in [0.29, 0.717) is 0 Å². The first kappa shape index (κ1) is 24.2. The average Bonchev–Trinajstić information content (AvgIpc) is 3.62. The fraction of sp³-hybridized carbons (Fsp3) is 0.176. The molecule has 0 atom stereocenters. The van der Waals surface area contributed by atoms with Crippen LogP contribution in [0.2, 0.25) is 0 Å². The minimum atomic E-state index is -4.22. The molecule has 37 heavy (non-hydrogen) atoms. The van der Waals surface area contributed by atoms with Crippen molar-refractivity contribution in [3.05, 3.63) is 126 Å². The van der Waals surface area contributed by atoms with E-state index in [4.69, 9.17) is 5.63 Å². The van der Waals surface area contributed by atoms with E-state index in [9.17, 15) is 0 Å². The van der Waals surface area contributed by atoms with Crippen molar-refractivity contribution in [1.29, 1.82) is 0 Å². The predicted molar refractivity (Wildman–Crippen MR) is 152 cm³/mol. The van der Waals surface area contributed by atoms with Crippen LogP contribution in [0.4, 0.5) is 0 Å². The van der Waals surface area contributed by atoms with Gasteiger partial charge in [0.15, 0.2) is 0 Å². The fourth-order valence-corrected chi connectivity index (χ4v) is 14.2. The van der Waals surface area contributed by atoms with Crippen molar-refractivity contribution in [2.75, 3.05) is 0 Å². The number of aryl methyl sites for hydroxylation is 4. The summed E-state index contributed by atoms with van der Waals surface area (Å²) in [7, 11) is 0. The number of allylic oxidation sites excluding steroid dienone is 8. The van der Waals surface area contributed by atoms with Crippen molar-refractivity contribution >= 4 is 21.5 Å². The molecule has 2 aliphatic rings. The molecule has 0 N–H and O–H groups in total. The molecule has 6 rings (SSSR count). The second-order valence-corrected chi connectivity index (χ2v) is 17.4. The van der Waals surface area contributed by atoms with Gasteiger partial charge in [0.2, 0.25) is 0 Å². The maximum absolute atomic E-state index is 7.51. The summed E-state index contributed by atoms with van der Waals surface area (Å²) in [6.45, 7) is 8.68. The quantitative estimate of drug-likeness (QED) is 0.233. The number of benzene rings is 4. The maximum atomic E-state index is 7.51. The Morgan fingerprint density at radius 1 is 0.541 bits per heavy atom. The molecular formula is C34H32O2Zr. The first-order chi connectivity index (χ1) is 18.0. The van der Waals surface area contributed by atoms with E-state index < -0.39 is 21.1 Å². The summed E-state index contributed by atoms with van der Waals surface area (Å²) in [5.74, 6) is 1.95. The van der Waals surface area contributed by atoms with Gasteiger partial charge >= 0.3 is 226 Å². The van der Waals surface area contributed by atoms with Gasteiger partial charge in [-0.25, -0.2) is 0 Å². The zero-order valence-corrected chi connectivity index (χ0v) is 24.4. The Kier molecular flexibility index (Phi) is 6.29. The summed E-state index contributed by atoms with van der Waals surface area (Å²) >= 11 is -4.22. The summed E-state index contributed by atoms with van der Waals surface area (Å²) in [5, 5.41) is 4.79. The van der Waals surface area contributed by atoms with Crippen molar-refractivity contribution in [2.45, 2.75) is 40.5 Å². The normalized spacial score (nSPS) is 14.9. The van der Waals surface area contributed by atoms with Crippen LogP contribution in [0.15, 0.2) is 104 Å². The Balaban J connectivity index is 1.62. The minimum absolute atomic E-state index is 0.874. The van der Waals surface area contributed by atoms with Crippen molar-refractivity contribution in [3.63, 3.8) is 0 Å². The van der Waals surface area contributed by atoms with Gasteiger partial charge in [-0.15, -0.1) is 0 Å². The molecule has 2 nitrogen and oxygen atoms in total. The van der Waals surface area contributed by atoms with Crippen LogP contribution in [0.1, 0.15) is 35.1 Å². The van der Waals surface area contributed by atoms with Crippen LogP contribution in [-0.2, 0) is 21.1 Å². The Hall–Kier alpha value is -3.16. The summed E-state index contributed by atoms with van der Waals surface area (Å²) in [6.07, 6.45) is 15.1. The fourth-order valence-electron chi connectivity index (χ4n) is 5.68. The van der Waals surface area contributed by atoms with Gasteiger partial charge in [-0.05, 0) is 0 Å². The van der Waals surface area contributed by atoms with Crippen LogP contribution in [0.25, 0.3) is 21.5 Å². The molecule has 4 aromatic rings. The Morgan fingerprint density at radius 2 is 1.00 bits per heavy atom. The summed E-state index contributed by atoms with van der Waals surface area (Å²) in [4.78, 5) is 0.